The van der Waals surface area contributed by atoms with Crippen molar-refractivity contribution in [3.8, 4) is 0 Å². The molecular weight excluding hydrogens is 264 g/mol. The molecule has 0 N–H and O–H groups in total. The van der Waals surface area contributed by atoms with Crippen molar-refractivity contribution in [2.75, 3.05) is 13.1 Å². The highest BCUT2D eigenvalue weighted by molar-refractivity contribution is 7.89. The Morgan fingerprint density at radius 3 is 1.89 bits per heavy atom. The summed E-state index contributed by atoms with van der Waals surface area (Å²) in [6.07, 6.45) is 1.75. The van der Waals surface area contributed by atoms with Crippen LogP contribution in [0.4, 0.5) is 0 Å². The van der Waals surface area contributed by atoms with Crippen molar-refractivity contribution in [1.82, 2.24) is 9.21 Å². The average Bonchev–Trinajstić information content (AvgIpc) is 2.60. The van der Waals surface area contributed by atoms with Crippen LogP contribution in [0, 0.1) is 5.92 Å². The molecule has 6 heteroatoms. The highest BCUT2D eigenvalue weighted by Crippen LogP contribution is 2.34. The molecule has 2 saturated heterocycles. The van der Waals surface area contributed by atoms with Crippen molar-refractivity contribution >= 4 is 15.9 Å². The molecule has 110 valence electrons. The molecule has 19 heavy (non-hydrogen) atoms. The molecule has 2 fully saturated rings. The number of carbonyl (C=O) groups is 1. The molecule has 2 heterocycles. The molecular formula is C13H24N2O3S. The molecule has 2 atom stereocenters. The van der Waals surface area contributed by atoms with Crippen molar-refractivity contribution in [3.05, 3.63) is 0 Å². The van der Waals surface area contributed by atoms with Gasteiger partial charge in [0.25, 0.3) is 0 Å². The molecule has 0 aromatic carbocycles. The van der Waals surface area contributed by atoms with Gasteiger partial charge in [-0.3, -0.25) is 4.79 Å². The van der Waals surface area contributed by atoms with Gasteiger partial charge in [0.05, 0.1) is 5.25 Å². The summed E-state index contributed by atoms with van der Waals surface area (Å²) >= 11 is 0. The van der Waals surface area contributed by atoms with E-state index in [9.17, 15) is 13.2 Å². The monoisotopic (exact) mass is 288 g/mol. The van der Waals surface area contributed by atoms with Crippen LogP contribution in [0.2, 0.25) is 0 Å². The maximum Gasteiger partial charge on any atom is 0.225 e. The first kappa shape index (κ1) is 14.8. The molecule has 0 aliphatic carbocycles. The largest absolute Gasteiger partial charge is 0.339 e. The molecule has 0 aromatic heterocycles. The van der Waals surface area contributed by atoms with Gasteiger partial charge in [0, 0.05) is 31.1 Å². The first-order valence-electron chi connectivity index (χ1n) is 7.06. The maximum atomic E-state index is 12.4. The van der Waals surface area contributed by atoms with Gasteiger partial charge >= 0.3 is 0 Å². The van der Waals surface area contributed by atoms with Crippen LogP contribution >= 0.6 is 0 Å². The molecule has 0 radical (unpaired) electrons. The number of likely N-dealkylation sites (tertiary alicyclic amines) is 1. The number of carbonyl (C=O) groups excluding carboxylic acids is 1. The van der Waals surface area contributed by atoms with Crippen molar-refractivity contribution in [2.24, 2.45) is 5.92 Å². The fourth-order valence-electron chi connectivity index (χ4n) is 3.07. The Balaban J connectivity index is 2.18. The standard InChI is InChI=1S/C13H24N2O3S/c1-9(2)13(16)14-7-11-5-6-12(8-14)15(11)19(17,18)10(3)4/h9-12H,5-8H2,1-4H3. The van der Waals surface area contributed by atoms with Gasteiger partial charge in [-0.1, -0.05) is 13.8 Å². The SMILES string of the molecule is CC(C)C(=O)N1CC2CCC(C1)N2S(=O)(=O)C(C)C. The molecule has 2 unspecified atom stereocenters. The number of hydrogen-bond donors (Lipinski definition) is 0. The van der Waals surface area contributed by atoms with E-state index in [1.54, 1.807) is 18.2 Å². The molecule has 5 nitrogen and oxygen atoms in total. The van der Waals surface area contributed by atoms with Gasteiger partial charge in [0.2, 0.25) is 15.9 Å². The van der Waals surface area contributed by atoms with Crippen molar-refractivity contribution < 1.29 is 13.2 Å². The van der Waals surface area contributed by atoms with Crippen molar-refractivity contribution in [1.29, 1.82) is 0 Å². The van der Waals surface area contributed by atoms with Crippen molar-refractivity contribution in [2.45, 2.75) is 57.9 Å². The molecule has 1 amide bonds. The quantitative estimate of drug-likeness (QED) is 0.780. The van der Waals surface area contributed by atoms with Gasteiger partial charge in [-0.15, -0.1) is 0 Å². The summed E-state index contributed by atoms with van der Waals surface area (Å²) in [5, 5.41) is -0.386. The Hall–Kier alpha value is -0.620. The number of amides is 1. The van der Waals surface area contributed by atoms with Crippen LogP contribution in [-0.4, -0.2) is 54.0 Å². The number of sulfonamides is 1. The lowest BCUT2D eigenvalue weighted by Gasteiger charge is -2.41. The highest BCUT2D eigenvalue weighted by Gasteiger charge is 2.47. The zero-order valence-electron chi connectivity index (χ0n) is 12.2. The van der Waals surface area contributed by atoms with Crippen LogP contribution in [0.25, 0.3) is 0 Å². The lowest BCUT2D eigenvalue weighted by molar-refractivity contribution is -0.136. The summed E-state index contributed by atoms with van der Waals surface area (Å²) in [4.78, 5) is 13.9. The lowest BCUT2D eigenvalue weighted by atomic mass is 10.1. The third kappa shape index (κ3) is 2.52. The molecule has 0 saturated carbocycles. The number of piperazine rings is 1. The van der Waals surface area contributed by atoms with E-state index >= 15 is 0 Å². The van der Waals surface area contributed by atoms with Crippen molar-refractivity contribution in [3.63, 3.8) is 0 Å². The Bertz CT molecular complexity index is 445. The number of nitrogens with zero attached hydrogens (tertiary/aromatic N) is 2. The number of fused-ring (bicyclic) bond motifs is 2. The van der Waals surface area contributed by atoms with E-state index in [1.807, 2.05) is 18.7 Å². The van der Waals surface area contributed by atoms with Gasteiger partial charge in [0.1, 0.15) is 0 Å². The van der Waals surface area contributed by atoms with Crippen LogP contribution in [0.3, 0.4) is 0 Å². The van der Waals surface area contributed by atoms with E-state index in [4.69, 9.17) is 0 Å². The smallest absolute Gasteiger partial charge is 0.225 e. The Morgan fingerprint density at radius 2 is 1.53 bits per heavy atom. The minimum absolute atomic E-state index is 0.0196. The summed E-state index contributed by atoms with van der Waals surface area (Å²) < 4.78 is 26.4. The summed E-state index contributed by atoms with van der Waals surface area (Å²) in [6, 6.07) is -0.0392. The molecule has 2 aliphatic heterocycles. The lowest BCUT2D eigenvalue weighted by Crippen LogP contribution is -2.58. The third-order valence-corrected chi connectivity index (χ3v) is 6.49. The normalized spacial score (nSPS) is 28.4. The number of hydrogen-bond acceptors (Lipinski definition) is 3. The van der Waals surface area contributed by atoms with Gasteiger partial charge in [-0.2, -0.15) is 4.31 Å². The zero-order valence-corrected chi connectivity index (χ0v) is 13.0. The average molecular weight is 288 g/mol. The second-order valence-corrected chi connectivity index (χ2v) is 8.60. The first-order chi connectivity index (χ1) is 8.75. The van der Waals surface area contributed by atoms with E-state index in [0.29, 0.717) is 13.1 Å². The predicted octanol–water partition coefficient (Wildman–Crippen LogP) is 1.06. The molecule has 2 rings (SSSR count). The van der Waals surface area contributed by atoms with E-state index in [-0.39, 0.29) is 29.2 Å². The molecule has 0 aromatic rings. The molecule has 0 spiro atoms. The summed E-state index contributed by atoms with van der Waals surface area (Å²) in [5.41, 5.74) is 0. The van der Waals surface area contributed by atoms with Crippen LogP contribution in [0.1, 0.15) is 40.5 Å². The Kier molecular flexibility index (Phi) is 3.93. The van der Waals surface area contributed by atoms with E-state index < -0.39 is 10.0 Å². The summed E-state index contributed by atoms with van der Waals surface area (Å²) in [5.74, 6) is 0.117. The minimum Gasteiger partial charge on any atom is -0.339 e. The second-order valence-electron chi connectivity index (χ2n) is 6.21. The fourth-order valence-corrected chi connectivity index (χ4v) is 4.73. The number of rotatable bonds is 3. The van der Waals surface area contributed by atoms with E-state index in [0.717, 1.165) is 12.8 Å². The third-order valence-electron chi connectivity index (χ3n) is 4.11. The topological polar surface area (TPSA) is 57.7 Å². The summed E-state index contributed by atoms with van der Waals surface area (Å²) in [7, 11) is -3.21. The van der Waals surface area contributed by atoms with Crippen LogP contribution < -0.4 is 0 Å². The van der Waals surface area contributed by atoms with Gasteiger partial charge in [-0.05, 0) is 26.7 Å². The predicted molar refractivity (Wildman–Crippen MR) is 74.1 cm³/mol. The van der Waals surface area contributed by atoms with Gasteiger partial charge in [-0.25, -0.2) is 8.42 Å². The molecule has 2 aliphatic rings. The van der Waals surface area contributed by atoms with Crippen LogP contribution in [-0.2, 0) is 14.8 Å². The second kappa shape index (κ2) is 5.05. The summed E-state index contributed by atoms with van der Waals surface area (Å²) in [6.45, 7) is 8.34. The van der Waals surface area contributed by atoms with E-state index in [2.05, 4.69) is 0 Å². The van der Waals surface area contributed by atoms with E-state index in [1.165, 1.54) is 0 Å². The fraction of sp³-hybridized carbons (Fsp3) is 0.923. The maximum absolute atomic E-state index is 12.4. The van der Waals surface area contributed by atoms with Crippen LogP contribution in [0.15, 0.2) is 0 Å². The Labute approximate surface area is 116 Å². The highest BCUT2D eigenvalue weighted by atomic mass is 32.2. The van der Waals surface area contributed by atoms with Crippen LogP contribution in [0.5, 0.6) is 0 Å². The van der Waals surface area contributed by atoms with Gasteiger partial charge < -0.3 is 4.90 Å². The Morgan fingerprint density at radius 1 is 1.05 bits per heavy atom. The minimum atomic E-state index is -3.21. The van der Waals surface area contributed by atoms with Gasteiger partial charge in [0.15, 0.2) is 0 Å². The molecule has 2 bridgehead atoms. The first-order valence-corrected chi connectivity index (χ1v) is 8.56. The zero-order chi connectivity index (χ0) is 14.4.